The number of likely N-dealkylation sites (tertiary alicyclic amines) is 1. The number of alkyl halides is 3. The van der Waals surface area contributed by atoms with E-state index in [0.717, 1.165) is 24.7 Å². The summed E-state index contributed by atoms with van der Waals surface area (Å²) in [4.78, 5) is 18.6. The van der Waals surface area contributed by atoms with Gasteiger partial charge in [-0.25, -0.2) is 4.98 Å². The van der Waals surface area contributed by atoms with Gasteiger partial charge in [0.1, 0.15) is 5.82 Å². The van der Waals surface area contributed by atoms with E-state index in [1.807, 2.05) is 17.8 Å². The van der Waals surface area contributed by atoms with Crippen LogP contribution in [0.1, 0.15) is 35.7 Å². The maximum Gasteiger partial charge on any atom is 0.416 e. The van der Waals surface area contributed by atoms with Crippen molar-refractivity contribution in [2.75, 3.05) is 13.1 Å². The third-order valence-electron chi connectivity index (χ3n) is 4.66. The summed E-state index contributed by atoms with van der Waals surface area (Å²) >= 11 is 0. The lowest BCUT2D eigenvalue weighted by Gasteiger charge is -2.32. The molecule has 7 heteroatoms. The topological polar surface area (TPSA) is 38.1 Å². The van der Waals surface area contributed by atoms with Crippen LogP contribution in [0.4, 0.5) is 13.2 Å². The first-order valence-electron chi connectivity index (χ1n) is 8.26. The Morgan fingerprint density at radius 2 is 2.08 bits per heavy atom. The number of rotatable bonds is 3. The number of aromatic nitrogens is 2. The number of halogens is 3. The summed E-state index contributed by atoms with van der Waals surface area (Å²) in [5.74, 6) is 0.763. The first-order chi connectivity index (χ1) is 11.9. The molecule has 134 valence electrons. The summed E-state index contributed by atoms with van der Waals surface area (Å²) in [5.41, 5.74) is -0.708. The van der Waals surface area contributed by atoms with Crippen LogP contribution in [0.25, 0.3) is 0 Å². The fraction of sp³-hybridized carbons (Fsp3) is 0.444. The minimum atomic E-state index is -4.45. The highest BCUT2D eigenvalue weighted by Crippen LogP contribution is 2.32. The van der Waals surface area contributed by atoms with Crippen molar-refractivity contribution in [3.8, 4) is 0 Å². The van der Waals surface area contributed by atoms with Gasteiger partial charge in [-0.15, -0.1) is 0 Å². The molecule has 0 radical (unpaired) electrons. The number of benzene rings is 1. The van der Waals surface area contributed by atoms with Crippen molar-refractivity contribution >= 4 is 5.91 Å². The smallest absolute Gasteiger partial charge is 0.342 e. The predicted octanol–water partition coefficient (Wildman–Crippen LogP) is 3.39. The molecule has 2 aromatic rings. The average molecular weight is 351 g/mol. The highest BCUT2D eigenvalue weighted by molar-refractivity contribution is 5.79. The fourth-order valence-corrected chi connectivity index (χ4v) is 3.41. The maximum absolute atomic E-state index is 13.1. The normalized spacial score (nSPS) is 18.4. The van der Waals surface area contributed by atoms with Crippen LogP contribution in [0.2, 0.25) is 0 Å². The molecule has 0 N–H and O–H groups in total. The van der Waals surface area contributed by atoms with Crippen molar-refractivity contribution in [3.63, 3.8) is 0 Å². The second-order valence-electron chi connectivity index (χ2n) is 6.41. The van der Waals surface area contributed by atoms with E-state index in [1.54, 1.807) is 11.1 Å². The number of aryl methyl sites for hydroxylation is 1. The number of carbonyl (C=O) groups is 1. The summed E-state index contributed by atoms with van der Waals surface area (Å²) < 4.78 is 41.2. The summed E-state index contributed by atoms with van der Waals surface area (Å²) in [7, 11) is 1.91. The van der Waals surface area contributed by atoms with E-state index in [9.17, 15) is 18.0 Å². The molecule has 1 amide bonds. The molecule has 0 saturated carbocycles. The van der Waals surface area contributed by atoms with Gasteiger partial charge in [-0.3, -0.25) is 4.79 Å². The van der Waals surface area contributed by atoms with Crippen LogP contribution in [0.5, 0.6) is 0 Å². The van der Waals surface area contributed by atoms with E-state index in [-0.39, 0.29) is 23.8 Å². The molecular weight excluding hydrogens is 331 g/mol. The van der Waals surface area contributed by atoms with Gasteiger partial charge in [0.15, 0.2) is 0 Å². The Balaban J connectivity index is 1.73. The van der Waals surface area contributed by atoms with Crippen LogP contribution in [0.15, 0.2) is 36.7 Å². The number of hydrogen-bond donors (Lipinski definition) is 0. The summed E-state index contributed by atoms with van der Waals surface area (Å²) in [6.07, 6.45) is 0.639. The van der Waals surface area contributed by atoms with Gasteiger partial charge < -0.3 is 9.47 Å². The first-order valence-corrected chi connectivity index (χ1v) is 8.26. The second-order valence-corrected chi connectivity index (χ2v) is 6.41. The van der Waals surface area contributed by atoms with Gasteiger partial charge in [0.05, 0.1) is 12.0 Å². The minimum Gasteiger partial charge on any atom is -0.342 e. The number of piperidine rings is 1. The SMILES string of the molecule is Cn1ccnc1C1CCCN(C(=O)Cc2ccccc2C(F)(F)F)C1. The lowest BCUT2D eigenvalue weighted by atomic mass is 9.96. The van der Waals surface area contributed by atoms with E-state index in [1.165, 1.54) is 18.2 Å². The van der Waals surface area contributed by atoms with Gasteiger partial charge in [-0.2, -0.15) is 13.2 Å². The Morgan fingerprint density at radius 3 is 2.76 bits per heavy atom. The van der Waals surface area contributed by atoms with Crippen LogP contribution in [0.3, 0.4) is 0 Å². The molecular formula is C18H20F3N3O. The molecule has 25 heavy (non-hydrogen) atoms. The van der Waals surface area contributed by atoms with Crippen molar-refractivity contribution in [1.82, 2.24) is 14.5 Å². The highest BCUT2D eigenvalue weighted by atomic mass is 19.4. The van der Waals surface area contributed by atoms with Crippen molar-refractivity contribution < 1.29 is 18.0 Å². The molecule has 0 aliphatic carbocycles. The van der Waals surface area contributed by atoms with E-state index in [4.69, 9.17) is 0 Å². The van der Waals surface area contributed by atoms with Gasteiger partial charge in [-0.1, -0.05) is 18.2 Å². The molecule has 2 heterocycles. The Hall–Kier alpha value is -2.31. The fourth-order valence-electron chi connectivity index (χ4n) is 3.41. The Labute approximate surface area is 144 Å². The Morgan fingerprint density at radius 1 is 1.32 bits per heavy atom. The molecule has 0 bridgehead atoms. The van der Waals surface area contributed by atoms with Crippen LogP contribution in [-0.2, 0) is 24.4 Å². The molecule has 3 rings (SSSR count). The van der Waals surface area contributed by atoms with Gasteiger partial charge in [0.25, 0.3) is 0 Å². The third kappa shape index (κ3) is 3.86. The summed E-state index contributed by atoms with van der Waals surface area (Å²) in [6, 6.07) is 5.27. The number of amides is 1. The zero-order chi connectivity index (χ0) is 18.0. The number of nitrogens with zero attached hydrogens (tertiary/aromatic N) is 3. The van der Waals surface area contributed by atoms with E-state index >= 15 is 0 Å². The largest absolute Gasteiger partial charge is 0.416 e. The molecule has 1 saturated heterocycles. The predicted molar refractivity (Wildman–Crippen MR) is 86.9 cm³/mol. The van der Waals surface area contributed by atoms with Crippen LogP contribution in [0, 0.1) is 0 Å². The molecule has 1 aliphatic rings. The van der Waals surface area contributed by atoms with Crippen molar-refractivity contribution in [3.05, 3.63) is 53.6 Å². The van der Waals surface area contributed by atoms with Crippen LogP contribution in [-0.4, -0.2) is 33.4 Å². The van der Waals surface area contributed by atoms with Gasteiger partial charge in [0, 0.05) is 38.4 Å². The van der Waals surface area contributed by atoms with Crippen LogP contribution >= 0.6 is 0 Å². The monoisotopic (exact) mass is 351 g/mol. The maximum atomic E-state index is 13.1. The van der Waals surface area contributed by atoms with E-state index in [2.05, 4.69) is 4.98 Å². The molecule has 0 spiro atoms. The lowest BCUT2D eigenvalue weighted by molar-refractivity contribution is -0.138. The molecule has 1 aromatic carbocycles. The molecule has 1 atom stereocenters. The van der Waals surface area contributed by atoms with E-state index < -0.39 is 11.7 Å². The van der Waals surface area contributed by atoms with Gasteiger partial charge in [-0.05, 0) is 24.5 Å². The lowest BCUT2D eigenvalue weighted by Crippen LogP contribution is -2.40. The zero-order valence-electron chi connectivity index (χ0n) is 14.0. The summed E-state index contributed by atoms with van der Waals surface area (Å²) in [6.45, 7) is 1.08. The van der Waals surface area contributed by atoms with Crippen molar-refractivity contribution in [2.24, 2.45) is 7.05 Å². The molecule has 1 aliphatic heterocycles. The summed E-state index contributed by atoms with van der Waals surface area (Å²) in [5, 5.41) is 0. The third-order valence-corrected chi connectivity index (χ3v) is 4.66. The molecule has 1 fully saturated rings. The Kier molecular flexibility index (Phi) is 4.83. The minimum absolute atomic E-state index is 0.0270. The number of carbonyl (C=O) groups excluding carboxylic acids is 1. The second kappa shape index (κ2) is 6.90. The highest BCUT2D eigenvalue weighted by Gasteiger charge is 2.34. The van der Waals surface area contributed by atoms with E-state index in [0.29, 0.717) is 13.1 Å². The Bertz CT molecular complexity index is 754. The van der Waals surface area contributed by atoms with Gasteiger partial charge in [0.2, 0.25) is 5.91 Å². The van der Waals surface area contributed by atoms with Gasteiger partial charge >= 0.3 is 6.18 Å². The quantitative estimate of drug-likeness (QED) is 0.850. The molecule has 4 nitrogen and oxygen atoms in total. The van der Waals surface area contributed by atoms with Crippen molar-refractivity contribution in [1.29, 1.82) is 0 Å². The van der Waals surface area contributed by atoms with Crippen molar-refractivity contribution in [2.45, 2.75) is 31.4 Å². The standard InChI is InChI=1S/C18H20F3N3O/c1-23-10-8-22-17(23)14-6-4-9-24(12-14)16(25)11-13-5-2-3-7-15(13)18(19,20)21/h2-3,5,7-8,10,14H,4,6,9,11-12H2,1H3. The average Bonchev–Trinajstić information content (AvgIpc) is 3.00. The molecule has 1 unspecified atom stereocenters. The number of imidazole rings is 1. The molecule has 1 aromatic heterocycles. The number of hydrogen-bond acceptors (Lipinski definition) is 2. The van der Waals surface area contributed by atoms with Crippen LogP contribution < -0.4 is 0 Å². The first kappa shape index (κ1) is 17.5. The zero-order valence-corrected chi connectivity index (χ0v) is 14.0.